The maximum atomic E-state index is 12.0. The Hall–Kier alpha value is -2.84. The molecular formula is C40H50CaO10S2. The number of rotatable bonds is 20. The van der Waals surface area contributed by atoms with Gasteiger partial charge in [-0.15, -0.1) is 0 Å². The number of hydrogen-bond acceptors (Lipinski definition) is 9. The number of para-hydroxylation sites is 2. The minimum Gasteiger partial charge on any atom is -0.870 e. The van der Waals surface area contributed by atoms with Crippen LogP contribution >= 0.6 is 0 Å². The Morgan fingerprint density at radius 3 is 1.53 bits per heavy atom. The molecule has 0 saturated heterocycles. The predicted molar refractivity (Wildman–Crippen MR) is 205 cm³/mol. The number of phenols is 1. The van der Waals surface area contributed by atoms with Gasteiger partial charge in [0.05, 0.1) is 4.90 Å². The number of benzene rings is 4. The first kappa shape index (κ1) is 46.3. The average molecular weight is 795 g/mol. The Kier molecular flexibility index (Phi) is 20.8. The first-order valence-electron chi connectivity index (χ1n) is 17.9. The number of aromatic hydroxyl groups is 1. The van der Waals surface area contributed by atoms with Crippen LogP contribution in [0.3, 0.4) is 0 Å². The van der Waals surface area contributed by atoms with Crippen molar-refractivity contribution >= 4 is 58.0 Å². The number of ether oxygens (including phenoxy) is 2. The van der Waals surface area contributed by atoms with Crippen LogP contribution in [0.2, 0.25) is 0 Å². The normalized spacial score (nSPS) is 11.2. The van der Waals surface area contributed by atoms with E-state index >= 15 is 0 Å². The van der Waals surface area contributed by atoms with Gasteiger partial charge < -0.3 is 24.2 Å². The molecular weight excluding hydrogens is 745 g/mol. The van der Waals surface area contributed by atoms with Crippen LogP contribution in [0.1, 0.15) is 102 Å². The van der Waals surface area contributed by atoms with Crippen LogP contribution in [0, 0.1) is 0 Å². The molecule has 0 bridgehead atoms. The zero-order valence-electron chi connectivity index (χ0n) is 30.7. The predicted octanol–water partition coefficient (Wildman–Crippen LogP) is 9.31. The van der Waals surface area contributed by atoms with Gasteiger partial charge in [-0.3, -0.25) is 4.55 Å². The number of aryl methyl sites for hydroxylation is 2. The summed E-state index contributed by atoms with van der Waals surface area (Å²) >= 11 is 0. The van der Waals surface area contributed by atoms with Crippen molar-refractivity contribution < 1.29 is 45.6 Å². The summed E-state index contributed by atoms with van der Waals surface area (Å²) in [5, 5.41) is 22.1. The fraction of sp³-hybridized carbons (Fsp3) is 0.400. The van der Waals surface area contributed by atoms with E-state index in [-0.39, 0.29) is 77.1 Å². The number of hydrogen-bond donors (Lipinski definition) is 2. The van der Waals surface area contributed by atoms with Crippen molar-refractivity contribution in [2.45, 2.75) is 114 Å². The Balaban J connectivity index is 0.000000360. The van der Waals surface area contributed by atoms with Crippen LogP contribution in [0.25, 0.3) is 0 Å². The fourth-order valence-corrected chi connectivity index (χ4v) is 6.74. The van der Waals surface area contributed by atoms with Gasteiger partial charge in [-0.05, 0) is 79.3 Å². The quantitative estimate of drug-likeness (QED) is 0.0499. The molecule has 0 aromatic heterocycles. The zero-order valence-corrected chi connectivity index (χ0v) is 34.5. The molecule has 0 radical (unpaired) electrons. The zero-order chi connectivity index (χ0) is 38.0. The molecule has 4 aromatic rings. The van der Waals surface area contributed by atoms with Gasteiger partial charge in [0.1, 0.15) is 32.3 Å². The van der Waals surface area contributed by atoms with E-state index in [1.807, 2.05) is 6.07 Å². The summed E-state index contributed by atoms with van der Waals surface area (Å²) in [7, 11) is -9.09. The summed E-state index contributed by atoms with van der Waals surface area (Å²) in [6.45, 7) is 4.38. The first-order valence-corrected chi connectivity index (χ1v) is 20.8. The summed E-state index contributed by atoms with van der Waals surface area (Å²) in [4.78, 5) is -0.804. The Morgan fingerprint density at radius 2 is 1.00 bits per heavy atom. The molecule has 0 heterocycles. The van der Waals surface area contributed by atoms with Crippen LogP contribution in [0.15, 0.2) is 94.7 Å². The molecule has 13 heteroatoms. The van der Waals surface area contributed by atoms with E-state index in [9.17, 15) is 36.2 Å². The standard InChI is InChI=1S/2C20H26O5S.Ca/c2*1-2-3-4-5-6-7-10-16-13-14-17(21)19(15-16)25-18-11-8-9-12-20(18)26(22,23)24;/h2*8-9,11-15,21H,2-7,10H2,1H3,(H,22,23,24);/q;;+2/p-2. The second kappa shape index (κ2) is 23.8. The molecule has 0 saturated carbocycles. The second-order valence-corrected chi connectivity index (χ2v) is 15.4. The van der Waals surface area contributed by atoms with Gasteiger partial charge in [0.25, 0.3) is 10.1 Å². The van der Waals surface area contributed by atoms with Crippen LogP contribution in [-0.2, 0) is 33.1 Å². The maximum Gasteiger partial charge on any atom is 2.00 e. The molecule has 0 spiro atoms. The van der Waals surface area contributed by atoms with Crippen LogP contribution < -0.4 is 14.6 Å². The number of phenolic OH excluding ortho intramolecular Hbond substituents is 1. The van der Waals surface area contributed by atoms with Crippen molar-refractivity contribution in [2.24, 2.45) is 0 Å². The fourth-order valence-electron chi connectivity index (χ4n) is 5.53. The van der Waals surface area contributed by atoms with Gasteiger partial charge in [-0.1, -0.05) is 126 Å². The molecule has 0 amide bonds. The molecule has 0 unspecified atom stereocenters. The summed E-state index contributed by atoms with van der Waals surface area (Å²) in [5.41, 5.74) is 1.97. The first-order chi connectivity index (χ1) is 24.8. The smallest absolute Gasteiger partial charge is 0.870 e. The van der Waals surface area contributed by atoms with Crippen LogP contribution in [0.5, 0.6) is 34.5 Å². The van der Waals surface area contributed by atoms with E-state index < -0.39 is 25.1 Å². The molecule has 2 N–H and O–H groups in total. The molecule has 0 aliphatic carbocycles. The molecule has 284 valence electrons. The maximum absolute atomic E-state index is 12.0. The third-order valence-electron chi connectivity index (χ3n) is 8.36. The molecule has 10 nitrogen and oxygen atoms in total. The monoisotopic (exact) mass is 794 g/mol. The molecule has 4 aromatic carbocycles. The largest absolute Gasteiger partial charge is 2.00 e. The van der Waals surface area contributed by atoms with Crippen LogP contribution in [0.4, 0.5) is 0 Å². The van der Waals surface area contributed by atoms with Crippen molar-refractivity contribution in [3.05, 3.63) is 96.1 Å². The Labute approximate surface area is 345 Å². The molecule has 53 heavy (non-hydrogen) atoms. The van der Waals surface area contributed by atoms with Crippen molar-refractivity contribution in [1.29, 1.82) is 0 Å². The molecule has 0 aliphatic heterocycles. The van der Waals surface area contributed by atoms with Crippen molar-refractivity contribution in [2.75, 3.05) is 0 Å². The molecule has 0 atom stereocenters. The molecule has 0 aliphatic rings. The van der Waals surface area contributed by atoms with Crippen LogP contribution in [-0.4, -0.2) is 68.8 Å². The summed E-state index contributed by atoms with van der Waals surface area (Å²) in [5.74, 6) is -0.385. The minimum atomic E-state index is -4.68. The Morgan fingerprint density at radius 1 is 0.566 bits per heavy atom. The van der Waals surface area contributed by atoms with Crippen molar-refractivity contribution in [3.8, 4) is 34.5 Å². The van der Waals surface area contributed by atoms with E-state index in [1.165, 1.54) is 99.9 Å². The summed E-state index contributed by atoms with van der Waals surface area (Å²) < 4.78 is 77.3. The summed E-state index contributed by atoms with van der Waals surface area (Å²) in [6, 6.07) is 21.2. The third kappa shape index (κ3) is 16.6. The second-order valence-electron chi connectivity index (χ2n) is 12.6. The van der Waals surface area contributed by atoms with Crippen molar-refractivity contribution in [1.82, 2.24) is 0 Å². The van der Waals surface area contributed by atoms with Gasteiger partial charge in [0.15, 0.2) is 11.5 Å². The van der Waals surface area contributed by atoms with Gasteiger partial charge in [-0.2, -0.15) is 8.42 Å². The van der Waals surface area contributed by atoms with Gasteiger partial charge >= 0.3 is 37.7 Å². The van der Waals surface area contributed by atoms with Crippen molar-refractivity contribution in [3.63, 3.8) is 0 Å². The van der Waals surface area contributed by atoms with Gasteiger partial charge in [0.2, 0.25) is 0 Å². The van der Waals surface area contributed by atoms with E-state index in [0.717, 1.165) is 49.7 Å². The summed E-state index contributed by atoms with van der Waals surface area (Å²) in [6.07, 6.45) is 15.9. The molecule has 4 rings (SSSR count). The van der Waals surface area contributed by atoms with E-state index in [1.54, 1.807) is 30.3 Å². The minimum absolute atomic E-state index is 0. The van der Waals surface area contributed by atoms with Gasteiger partial charge in [0, 0.05) is 0 Å². The third-order valence-corrected chi connectivity index (χ3v) is 10.1. The topological polar surface area (TPSA) is 173 Å². The Bertz CT molecular complexity index is 1780. The van der Waals surface area contributed by atoms with E-state index in [4.69, 9.17) is 9.47 Å². The number of unbranched alkanes of at least 4 members (excludes halogenated alkanes) is 10. The van der Waals surface area contributed by atoms with E-state index in [2.05, 4.69) is 13.8 Å². The average Bonchev–Trinajstić information content (AvgIpc) is 3.10. The SMILES string of the molecule is CCCCCCCCc1ccc(O)c(Oc2ccccc2S(=O)(=O)O)c1.CCCCCCCCc1ccc([O-])c(Oc2ccccc2S(=O)(=O)[O-])c1.[Ca+2]. The van der Waals surface area contributed by atoms with Gasteiger partial charge in [-0.25, -0.2) is 8.42 Å². The molecule has 0 fully saturated rings. The van der Waals surface area contributed by atoms with E-state index in [0.29, 0.717) is 0 Å².